The van der Waals surface area contributed by atoms with Crippen LogP contribution in [0.1, 0.15) is 49.8 Å². The Morgan fingerprint density at radius 3 is 2.85 bits per heavy atom. The molecule has 3 aromatic rings. The van der Waals surface area contributed by atoms with Crippen molar-refractivity contribution in [3.8, 4) is 11.4 Å². The Morgan fingerprint density at radius 1 is 1.15 bits per heavy atom. The van der Waals surface area contributed by atoms with Gasteiger partial charge < -0.3 is 9.05 Å². The predicted molar refractivity (Wildman–Crippen MR) is 90.4 cm³/mol. The van der Waals surface area contributed by atoms with Crippen LogP contribution in [-0.4, -0.2) is 31.7 Å². The highest BCUT2D eigenvalue weighted by Gasteiger charge is 2.30. The fourth-order valence-corrected chi connectivity index (χ4v) is 3.25. The lowest BCUT2D eigenvalue weighted by molar-refractivity contribution is 0.0986. The molecule has 1 aliphatic heterocycles. The van der Waals surface area contributed by atoms with Crippen LogP contribution in [0.3, 0.4) is 0 Å². The Hall–Kier alpha value is -2.61. The van der Waals surface area contributed by atoms with E-state index >= 15 is 0 Å². The Morgan fingerprint density at radius 2 is 2.04 bits per heavy atom. The zero-order chi connectivity index (χ0) is 17.9. The van der Waals surface area contributed by atoms with Crippen molar-refractivity contribution in [1.82, 2.24) is 25.2 Å². The van der Waals surface area contributed by atoms with Crippen molar-refractivity contribution in [2.75, 3.05) is 6.54 Å². The number of benzene rings is 1. The minimum Gasteiger partial charge on any atom is -0.338 e. The van der Waals surface area contributed by atoms with Crippen LogP contribution in [0.25, 0.3) is 11.4 Å². The van der Waals surface area contributed by atoms with Crippen molar-refractivity contribution < 1.29 is 13.4 Å². The van der Waals surface area contributed by atoms with E-state index in [4.69, 9.17) is 9.05 Å². The van der Waals surface area contributed by atoms with Crippen LogP contribution < -0.4 is 0 Å². The highest BCUT2D eigenvalue weighted by molar-refractivity contribution is 5.54. The molecule has 0 amide bonds. The van der Waals surface area contributed by atoms with Gasteiger partial charge in [0.25, 0.3) is 0 Å². The Balaban J connectivity index is 1.53. The first-order valence-electron chi connectivity index (χ1n) is 8.88. The number of aryl methyl sites for hydroxylation is 1. The molecule has 0 saturated carbocycles. The number of likely N-dealkylation sites (tertiary alicyclic amines) is 1. The van der Waals surface area contributed by atoms with Crippen LogP contribution in [0.4, 0.5) is 4.39 Å². The number of aromatic nitrogens is 4. The lowest BCUT2D eigenvalue weighted by Crippen LogP contribution is -2.33. The maximum atomic E-state index is 13.9. The molecule has 8 heteroatoms. The number of halogens is 1. The van der Waals surface area contributed by atoms with E-state index in [1.165, 1.54) is 6.07 Å². The predicted octanol–water partition coefficient (Wildman–Crippen LogP) is 3.55. The molecule has 1 fully saturated rings. The maximum absolute atomic E-state index is 13.9. The number of piperidine rings is 1. The van der Waals surface area contributed by atoms with Crippen molar-refractivity contribution in [3.05, 3.63) is 47.7 Å². The smallest absolute Gasteiger partial charge is 0.244 e. The molecule has 1 saturated heterocycles. The molecule has 136 valence electrons. The molecular weight excluding hydrogens is 337 g/mol. The van der Waals surface area contributed by atoms with E-state index < -0.39 is 0 Å². The first-order valence-corrected chi connectivity index (χ1v) is 8.88. The maximum Gasteiger partial charge on any atom is 0.244 e. The first kappa shape index (κ1) is 16.8. The molecule has 1 aliphatic rings. The van der Waals surface area contributed by atoms with Gasteiger partial charge in [0.2, 0.25) is 17.6 Å². The minimum absolute atomic E-state index is 0.0420. The molecule has 0 unspecified atom stereocenters. The lowest BCUT2D eigenvalue weighted by atomic mass is 10.0. The SMILES string of the molecule is CCc1noc([C@H]2CCCCN2Cc2nc(-c3ccccc3F)no2)n1. The van der Waals surface area contributed by atoms with E-state index in [1.54, 1.807) is 18.2 Å². The molecule has 4 rings (SSSR count). The molecule has 3 heterocycles. The van der Waals surface area contributed by atoms with Crippen LogP contribution in [0.15, 0.2) is 33.3 Å². The van der Waals surface area contributed by atoms with Gasteiger partial charge in [-0.15, -0.1) is 0 Å². The van der Waals surface area contributed by atoms with E-state index in [9.17, 15) is 4.39 Å². The number of hydrogen-bond acceptors (Lipinski definition) is 7. The van der Waals surface area contributed by atoms with Gasteiger partial charge in [-0.3, -0.25) is 4.90 Å². The summed E-state index contributed by atoms with van der Waals surface area (Å²) in [5, 5.41) is 7.92. The summed E-state index contributed by atoms with van der Waals surface area (Å²) in [6, 6.07) is 6.44. The van der Waals surface area contributed by atoms with Crippen molar-refractivity contribution in [1.29, 1.82) is 0 Å². The molecule has 0 N–H and O–H groups in total. The molecule has 0 bridgehead atoms. The van der Waals surface area contributed by atoms with Crippen LogP contribution in [0.5, 0.6) is 0 Å². The molecule has 1 aromatic carbocycles. The van der Waals surface area contributed by atoms with Gasteiger partial charge in [0.05, 0.1) is 18.2 Å². The lowest BCUT2D eigenvalue weighted by Gasteiger charge is -2.31. The highest BCUT2D eigenvalue weighted by atomic mass is 19.1. The second kappa shape index (κ2) is 7.33. The summed E-state index contributed by atoms with van der Waals surface area (Å²) in [6.07, 6.45) is 3.88. The van der Waals surface area contributed by atoms with Gasteiger partial charge in [-0.05, 0) is 31.5 Å². The van der Waals surface area contributed by atoms with E-state index in [2.05, 4.69) is 25.2 Å². The Kier molecular flexibility index (Phi) is 4.75. The van der Waals surface area contributed by atoms with E-state index in [0.29, 0.717) is 29.7 Å². The van der Waals surface area contributed by atoms with Crippen molar-refractivity contribution >= 4 is 0 Å². The molecule has 1 atom stereocenters. The summed E-state index contributed by atoms with van der Waals surface area (Å²) in [6.45, 7) is 3.35. The van der Waals surface area contributed by atoms with Gasteiger partial charge in [0.15, 0.2) is 5.82 Å². The zero-order valence-electron chi connectivity index (χ0n) is 14.6. The molecular formula is C18H20FN5O2. The molecule has 0 spiro atoms. The monoisotopic (exact) mass is 357 g/mol. The Bertz CT molecular complexity index is 878. The second-order valence-corrected chi connectivity index (χ2v) is 6.38. The van der Waals surface area contributed by atoms with Crippen LogP contribution in [0.2, 0.25) is 0 Å². The Labute approximate surface area is 150 Å². The number of nitrogens with zero attached hydrogens (tertiary/aromatic N) is 5. The number of hydrogen-bond donors (Lipinski definition) is 0. The topological polar surface area (TPSA) is 81.1 Å². The molecule has 26 heavy (non-hydrogen) atoms. The standard InChI is InChI=1S/C18H20FN5O2/c1-2-15-20-18(26-22-15)14-9-5-6-10-24(14)11-16-21-17(23-25-16)12-7-3-4-8-13(12)19/h3-4,7-8,14H,2,5-6,9-11H2,1H3/t14-/m1/s1. The van der Waals surface area contributed by atoms with Crippen molar-refractivity contribution in [2.24, 2.45) is 0 Å². The summed E-state index contributed by atoms with van der Waals surface area (Å²) < 4.78 is 24.7. The normalized spacial score (nSPS) is 18.3. The van der Waals surface area contributed by atoms with E-state index in [-0.39, 0.29) is 17.7 Å². The summed E-state index contributed by atoms with van der Waals surface area (Å²) >= 11 is 0. The summed E-state index contributed by atoms with van der Waals surface area (Å²) in [5.74, 6) is 1.69. The average Bonchev–Trinajstić information content (AvgIpc) is 3.32. The summed E-state index contributed by atoms with van der Waals surface area (Å²) in [5.41, 5.74) is 0.335. The van der Waals surface area contributed by atoms with Gasteiger partial charge in [-0.25, -0.2) is 4.39 Å². The average molecular weight is 357 g/mol. The molecule has 0 radical (unpaired) electrons. The van der Waals surface area contributed by atoms with Gasteiger partial charge >= 0.3 is 0 Å². The van der Waals surface area contributed by atoms with Crippen LogP contribution in [-0.2, 0) is 13.0 Å². The van der Waals surface area contributed by atoms with Crippen LogP contribution in [0, 0.1) is 5.82 Å². The van der Waals surface area contributed by atoms with E-state index in [1.807, 2.05) is 6.92 Å². The fourth-order valence-electron chi connectivity index (χ4n) is 3.25. The fraction of sp³-hybridized carbons (Fsp3) is 0.444. The molecule has 0 aliphatic carbocycles. The molecule has 2 aromatic heterocycles. The number of rotatable bonds is 5. The van der Waals surface area contributed by atoms with Crippen LogP contribution >= 0.6 is 0 Å². The highest BCUT2D eigenvalue weighted by Crippen LogP contribution is 2.31. The summed E-state index contributed by atoms with van der Waals surface area (Å²) in [7, 11) is 0. The van der Waals surface area contributed by atoms with Gasteiger partial charge in [-0.1, -0.05) is 35.8 Å². The first-order chi connectivity index (χ1) is 12.7. The largest absolute Gasteiger partial charge is 0.338 e. The van der Waals surface area contributed by atoms with Crippen molar-refractivity contribution in [2.45, 2.75) is 45.2 Å². The second-order valence-electron chi connectivity index (χ2n) is 6.38. The third-order valence-electron chi connectivity index (χ3n) is 4.62. The minimum atomic E-state index is -0.367. The quantitative estimate of drug-likeness (QED) is 0.690. The van der Waals surface area contributed by atoms with Gasteiger partial charge in [-0.2, -0.15) is 9.97 Å². The van der Waals surface area contributed by atoms with Gasteiger partial charge in [0.1, 0.15) is 5.82 Å². The van der Waals surface area contributed by atoms with Crippen molar-refractivity contribution in [3.63, 3.8) is 0 Å². The van der Waals surface area contributed by atoms with Gasteiger partial charge in [0, 0.05) is 6.42 Å². The zero-order valence-corrected chi connectivity index (χ0v) is 14.6. The third-order valence-corrected chi connectivity index (χ3v) is 4.62. The third kappa shape index (κ3) is 3.37. The van der Waals surface area contributed by atoms with E-state index in [0.717, 1.165) is 32.2 Å². The summed E-state index contributed by atoms with van der Waals surface area (Å²) in [4.78, 5) is 11.0. The molecule has 7 nitrogen and oxygen atoms in total.